The molecule has 3 atom stereocenters. The number of nitrogens with one attached hydrogen (secondary N) is 1. The summed E-state index contributed by atoms with van der Waals surface area (Å²) in [5.41, 5.74) is 0. The van der Waals surface area contributed by atoms with Crippen molar-refractivity contribution in [3.8, 4) is 0 Å². The van der Waals surface area contributed by atoms with Crippen molar-refractivity contribution in [2.45, 2.75) is 71.8 Å². The van der Waals surface area contributed by atoms with Crippen LogP contribution in [-0.2, 0) is 4.74 Å². The Hall–Kier alpha value is -0.0800. The lowest BCUT2D eigenvalue weighted by Crippen LogP contribution is -2.38. The Morgan fingerprint density at radius 1 is 1.22 bits per heavy atom. The van der Waals surface area contributed by atoms with Crippen LogP contribution in [0.25, 0.3) is 0 Å². The van der Waals surface area contributed by atoms with Crippen molar-refractivity contribution < 1.29 is 4.74 Å². The third-order valence-corrected chi connectivity index (χ3v) is 4.44. The fraction of sp³-hybridized carbons (Fsp3) is 1.00. The molecule has 3 unspecified atom stereocenters. The highest BCUT2D eigenvalue weighted by atomic mass is 16.5. The number of hydrogen-bond donors (Lipinski definition) is 1. The Balaban J connectivity index is 2.34. The summed E-state index contributed by atoms with van der Waals surface area (Å²) in [6.45, 7) is 9.55. The van der Waals surface area contributed by atoms with Crippen LogP contribution in [0, 0.1) is 11.8 Å². The van der Waals surface area contributed by atoms with Crippen molar-refractivity contribution in [1.82, 2.24) is 5.32 Å². The topological polar surface area (TPSA) is 21.3 Å². The summed E-state index contributed by atoms with van der Waals surface area (Å²) in [5, 5.41) is 3.72. The van der Waals surface area contributed by atoms with E-state index < -0.39 is 0 Å². The zero-order valence-corrected chi connectivity index (χ0v) is 12.7. The Labute approximate surface area is 114 Å². The molecule has 0 aliphatic heterocycles. The molecule has 0 amide bonds. The second-order valence-electron chi connectivity index (χ2n) is 5.70. The molecule has 1 N–H and O–H groups in total. The average molecular weight is 255 g/mol. The zero-order chi connectivity index (χ0) is 13.2. The van der Waals surface area contributed by atoms with Crippen LogP contribution >= 0.6 is 0 Å². The van der Waals surface area contributed by atoms with Gasteiger partial charge in [-0.15, -0.1) is 0 Å². The average Bonchev–Trinajstić information content (AvgIpc) is 2.42. The van der Waals surface area contributed by atoms with E-state index in [9.17, 15) is 0 Å². The SMILES string of the molecule is CCNC(CCCOCC)C1CCCC(CC)C1. The van der Waals surface area contributed by atoms with Crippen molar-refractivity contribution in [2.75, 3.05) is 19.8 Å². The van der Waals surface area contributed by atoms with Crippen LogP contribution in [0.1, 0.15) is 65.7 Å². The predicted molar refractivity (Wildman–Crippen MR) is 78.9 cm³/mol. The minimum absolute atomic E-state index is 0.727. The molecule has 1 fully saturated rings. The molecule has 1 aliphatic carbocycles. The molecule has 2 heteroatoms. The number of ether oxygens (including phenoxy) is 1. The van der Waals surface area contributed by atoms with E-state index in [1.165, 1.54) is 44.9 Å². The Morgan fingerprint density at radius 2 is 2.06 bits per heavy atom. The van der Waals surface area contributed by atoms with E-state index in [1.54, 1.807) is 0 Å². The summed E-state index contributed by atoms with van der Waals surface area (Å²) in [4.78, 5) is 0. The maximum atomic E-state index is 5.46. The zero-order valence-electron chi connectivity index (χ0n) is 12.7. The lowest BCUT2D eigenvalue weighted by molar-refractivity contribution is 0.132. The maximum Gasteiger partial charge on any atom is 0.0466 e. The Morgan fingerprint density at radius 3 is 2.72 bits per heavy atom. The highest BCUT2D eigenvalue weighted by molar-refractivity contribution is 4.82. The van der Waals surface area contributed by atoms with E-state index in [-0.39, 0.29) is 0 Å². The molecular weight excluding hydrogens is 222 g/mol. The van der Waals surface area contributed by atoms with Crippen LogP contribution in [0.3, 0.4) is 0 Å². The van der Waals surface area contributed by atoms with Crippen LogP contribution < -0.4 is 5.32 Å². The van der Waals surface area contributed by atoms with E-state index in [0.29, 0.717) is 0 Å². The molecule has 0 saturated heterocycles. The number of rotatable bonds is 9. The third-order valence-electron chi connectivity index (χ3n) is 4.44. The van der Waals surface area contributed by atoms with Crippen LogP contribution in [0.15, 0.2) is 0 Å². The first kappa shape index (κ1) is 16.0. The van der Waals surface area contributed by atoms with E-state index in [4.69, 9.17) is 4.74 Å². The van der Waals surface area contributed by atoms with Gasteiger partial charge in [0.05, 0.1) is 0 Å². The molecule has 0 aromatic rings. The van der Waals surface area contributed by atoms with Gasteiger partial charge < -0.3 is 10.1 Å². The van der Waals surface area contributed by atoms with Crippen molar-refractivity contribution in [3.63, 3.8) is 0 Å². The van der Waals surface area contributed by atoms with Gasteiger partial charge in [-0.05, 0) is 51.0 Å². The van der Waals surface area contributed by atoms with Gasteiger partial charge in [0.2, 0.25) is 0 Å². The van der Waals surface area contributed by atoms with Gasteiger partial charge >= 0.3 is 0 Å². The molecule has 0 heterocycles. The van der Waals surface area contributed by atoms with E-state index in [2.05, 4.69) is 26.1 Å². The van der Waals surface area contributed by atoms with Crippen molar-refractivity contribution in [3.05, 3.63) is 0 Å². The lowest BCUT2D eigenvalue weighted by atomic mass is 9.76. The van der Waals surface area contributed by atoms with Gasteiger partial charge in [0.25, 0.3) is 0 Å². The molecule has 108 valence electrons. The van der Waals surface area contributed by atoms with Gasteiger partial charge in [0, 0.05) is 19.3 Å². The highest BCUT2D eigenvalue weighted by Gasteiger charge is 2.26. The largest absolute Gasteiger partial charge is 0.382 e. The fourth-order valence-corrected chi connectivity index (χ4v) is 3.39. The molecule has 2 nitrogen and oxygen atoms in total. The molecular formula is C16H33NO. The Kier molecular flexibility index (Phi) is 8.70. The normalized spacial score (nSPS) is 26.2. The van der Waals surface area contributed by atoms with Gasteiger partial charge in [0.1, 0.15) is 0 Å². The summed E-state index contributed by atoms with van der Waals surface area (Å²) < 4.78 is 5.46. The monoisotopic (exact) mass is 255 g/mol. The number of hydrogen-bond acceptors (Lipinski definition) is 2. The molecule has 0 spiro atoms. The van der Waals surface area contributed by atoms with Crippen LogP contribution in [-0.4, -0.2) is 25.8 Å². The van der Waals surface area contributed by atoms with Gasteiger partial charge in [-0.2, -0.15) is 0 Å². The molecule has 0 radical (unpaired) electrons. The van der Waals surface area contributed by atoms with Gasteiger partial charge in [-0.25, -0.2) is 0 Å². The fourth-order valence-electron chi connectivity index (χ4n) is 3.39. The van der Waals surface area contributed by atoms with Gasteiger partial charge in [0.15, 0.2) is 0 Å². The van der Waals surface area contributed by atoms with Gasteiger partial charge in [-0.3, -0.25) is 0 Å². The quantitative estimate of drug-likeness (QED) is 0.629. The Bertz CT molecular complexity index is 196. The lowest BCUT2D eigenvalue weighted by Gasteiger charge is -2.35. The van der Waals surface area contributed by atoms with E-state index in [0.717, 1.165) is 37.6 Å². The van der Waals surface area contributed by atoms with Gasteiger partial charge in [-0.1, -0.05) is 33.1 Å². The summed E-state index contributed by atoms with van der Waals surface area (Å²) in [6.07, 6.45) is 9.65. The van der Waals surface area contributed by atoms with E-state index in [1.807, 2.05) is 0 Å². The first-order valence-corrected chi connectivity index (χ1v) is 8.12. The summed E-state index contributed by atoms with van der Waals surface area (Å²) in [5.74, 6) is 1.89. The summed E-state index contributed by atoms with van der Waals surface area (Å²) in [7, 11) is 0. The second kappa shape index (κ2) is 9.80. The maximum absolute atomic E-state index is 5.46. The second-order valence-corrected chi connectivity index (χ2v) is 5.70. The molecule has 0 aromatic carbocycles. The molecule has 1 aliphatic rings. The van der Waals surface area contributed by atoms with Crippen LogP contribution in [0.2, 0.25) is 0 Å². The van der Waals surface area contributed by atoms with Crippen LogP contribution in [0.5, 0.6) is 0 Å². The molecule has 1 rings (SSSR count). The standard InChI is InChI=1S/C16H33NO/c1-4-14-9-7-10-15(13-14)16(17-5-2)11-8-12-18-6-3/h14-17H,4-13H2,1-3H3. The molecule has 18 heavy (non-hydrogen) atoms. The van der Waals surface area contributed by atoms with Crippen molar-refractivity contribution in [1.29, 1.82) is 0 Å². The molecule has 0 aromatic heterocycles. The smallest absolute Gasteiger partial charge is 0.0466 e. The first-order valence-electron chi connectivity index (χ1n) is 8.12. The van der Waals surface area contributed by atoms with Crippen molar-refractivity contribution in [2.24, 2.45) is 11.8 Å². The van der Waals surface area contributed by atoms with E-state index >= 15 is 0 Å². The minimum atomic E-state index is 0.727. The summed E-state index contributed by atoms with van der Waals surface area (Å²) in [6, 6.07) is 0.727. The molecule has 1 saturated carbocycles. The summed E-state index contributed by atoms with van der Waals surface area (Å²) >= 11 is 0. The minimum Gasteiger partial charge on any atom is -0.382 e. The van der Waals surface area contributed by atoms with Crippen LogP contribution in [0.4, 0.5) is 0 Å². The van der Waals surface area contributed by atoms with Crippen molar-refractivity contribution >= 4 is 0 Å². The first-order chi connectivity index (χ1) is 8.81. The predicted octanol–water partition coefficient (Wildman–Crippen LogP) is 4.00. The molecule has 0 bridgehead atoms. The highest BCUT2D eigenvalue weighted by Crippen LogP contribution is 2.34. The third kappa shape index (κ3) is 5.71.